The Morgan fingerprint density at radius 2 is 2.10 bits per heavy atom. The highest BCUT2D eigenvalue weighted by Crippen LogP contribution is 2.35. The molecule has 0 amide bonds. The Bertz CT molecular complexity index is 501. The summed E-state index contributed by atoms with van der Waals surface area (Å²) in [5.41, 5.74) is 0.227. The Morgan fingerprint density at radius 1 is 1.38 bits per heavy atom. The lowest BCUT2D eigenvalue weighted by Crippen LogP contribution is -2.29. The number of ether oxygens (including phenoxy) is 3. The highest BCUT2D eigenvalue weighted by molar-refractivity contribution is 6.31. The number of methoxy groups -OCH3 is 1. The van der Waals surface area contributed by atoms with Gasteiger partial charge < -0.3 is 14.2 Å². The summed E-state index contributed by atoms with van der Waals surface area (Å²) in [4.78, 5) is 23.1. The Kier molecular flexibility index (Phi) is 7.02. The van der Waals surface area contributed by atoms with Gasteiger partial charge in [-0.2, -0.15) is 0 Å². The predicted octanol–water partition coefficient (Wildman–Crippen LogP) is 3.27. The van der Waals surface area contributed by atoms with Crippen LogP contribution in [0, 0.1) is 0 Å². The Balaban J connectivity index is 3.12. The molecule has 0 radical (unpaired) electrons. The summed E-state index contributed by atoms with van der Waals surface area (Å²) in [5.74, 6) is 0.0339. The Labute approximate surface area is 129 Å². The molecule has 0 aliphatic rings. The normalized spacial score (nSPS) is 11.6. The number of hydrogen-bond donors (Lipinski definition) is 0. The molecule has 0 saturated carbocycles. The van der Waals surface area contributed by atoms with Gasteiger partial charge in [0.25, 0.3) is 0 Å². The minimum absolute atomic E-state index is 0.198. The van der Waals surface area contributed by atoms with E-state index in [2.05, 4.69) is 0 Å². The molecule has 21 heavy (non-hydrogen) atoms. The third kappa shape index (κ3) is 4.63. The van der Waals surface area contributed by atoms with Crippen LogP contribution in [0.25, 0.3) is 0 Å². The van der Waals surface area contributed by atoms with Crippen LogP contribution in [0.1, 0.15) is 37.0 Å². The van der Waals surface area contributed by atoms with Gasteiger partial charge in [0.1, 0.15) is 0 Å². The molecular formula is C15H19ClO5. The van der Waals surface area contributed by atoms with Crippen molar-refractivity contribution in [3.63, 3.8) is 0 Å². The standard InChI is InChI=1S/C15H19ClO5/c1-4-6-12(15(18)20-5-2)21-14-10(9-17)7-11(16)8-13(14)19-3/h7-9,12H,4-6H2,1-3H3. The fourth-order valence-electron chi connectivity index (χ4n) is 1.82. The second-order valence-corrected chi connectivity index (χ2v) is 4.73. The van der Waals surface area contributed by atoms with E-state index in [1.54, 1.807) is 6.92 Å². The molecule has 0 spiro atoms. The first-order valence-corrected chi connectivity index (χ1v) is 7.11. The molecule has 1 aromatic rings. The van der Waals surface area contributed by atoms with Crippen molar-refractivity contribution in [3.05, 3.63) is 22.7 Å². The summed E-state index contributed by atoms with van der Waals surface area (Å²) in [7, 11) is 1.44. The summed E-state index contributed by atoms with van der Waals surface area (Å²) >= 11 is 5.90. The number of aldehydes is 1. The summed E-state index contributed by atoms with van der Waals surface area (Å²) in [5, 5.41) is 0.351. The zero-order valence-corrected chi connectivity index (χ0v) is 13.1. The number of carbonyl (C=O) groups excluding carboxylic acids is 2. The van der Waals surface area contributed by atoms with Crippen molar-refractivity contribution in [1.82, 2.24) is 0 Å². The van der Waals surface area contributed by atoms with Crippen LogP contribution < -0.4 is 9.47 Å². The third-order valence-corrected chi connectivity index (χ3v) is 2.97. The SMILES string of the molecule is CCCC(Oc1c(C=O)cc(Cl)cc1OC)C(=O)OCC. The number of rotatable bonds is 8. The molecule has 0 aliphatic carbocycles. The minimum atomic E-state index is -0.788. The molecule has 0 bridgehead atoms. The quantitative estimate of drug-likeness (QED) is 0.544. The first-order valence-electron chi connectivity index (χ1n) is 6.73. The monoisotopic (exact) mass is 314 g/mol. The molecular weight excluding hydrogens is 296 g/mol. The molecule has 1 unspecified atom stereocenters. The van der Waals surface area contributed by atoms with Gasteiger partial charge in [-0.3, -0.25) is 4.79 Å². The van der Waals surface area contributed by atoms with E-state index in [0.717, 1.165) is 6.42 Å². The van der Waals surface area contributed by atoms with Gasteiger partial charge in [-0.05, 0) is 19.4 Å². The predicted molar refractivity (Wildman–Crippen MR) is 79.3 cm³/mol. The highest BCUT2D eigenvalue weighted by atomic mass is 35.5. The van der Waals surface area contributed by atoms with Gasteiger partial charge in [0.2, 0.25) is 0 Å². The molecule has 0 aromatic heterocycles. The highest BCUT2D eigenvalue weighted by Gasteiger charge is 2.24. The molecule has 0 N–H and O–H groups in total. The van der Waals surface area contributed by atoms with Crippen molar-refractivity contribution in [2.75, 3.05) is 13.7 Å². The van der Waals surface area contributed by atoms with Gasteiger partial charge in [-0.25, -0.2) is 4.79 Å². The van der Waals surface area contributed by atoms with Crippen LogP contribution in [-0.4, -0.2) is 32.1 Å². The van der Waals surface area contributed by atoms with E-state index >= 15 is 0 Å². The van der Waals surface area contributed by atoms with Crippen molar-refractivity contribution >= 4 is 23.9 Å². The van der Waals surface area contributed by atoms with Gasteiger partial charge >= 0.3 is 5.97 Å². The van der Waals surface area contributed by atoms with E-state index < -0.39 is 12.1 Å². The molecule has 1 aromatic carbocycles. The maximum atomic E-state index is 11.9. The Morgan fingerprint density at radius 3 is 2.62 bits per heavy atom. The van der Waals surface area contributed by atoms with E-state index in [4.69, 9.17) is 25.8 Å². The van der Waals surface area contributed by atoms with Crippen molar-refractivity contribution < 1.29 is 23.8 Å². The lowest BCUT2D eigenvalue weighted by Gasteiger charge is -2.20. The summed E-state index contributed by atoms with van der Waals surface area (Å²) in [6, 6.07) is 2.98. The van der Waals surface area contributed by atoms with Crippen LogP contribution in [0.5, 0.6) is 11.5 Å². The second kappa shape index (κ2) is 8.52. The molecule has 0 aliphatic heterocycles. The fourth-order valence-corrected chi connectivity index (χ4v) is 2.04. The summed E-state index contributed by atoms with van der Waals surface area (Å²) in [6.45, 7) is 3.91. The first-order chi connectivity index (χ1) is 10.1. The van der Waals surface area contributed by atoms with Gasteiger partial charge in [-0.1, -0.05) is 24.9 Å². The smallest absolute Gasteiger partial charge is 0.347 e. The number of carbonyl (C=O) groups is 2. The van der Waals surface area contributed by atoms with Gasteiger partial charge in [-0.15, -0.1) is 0 Å². The van der Waals surface area contributed by atoms with Crippen molar-refractivity contribution in [1.29, 1.82) is 0 Å². The maximum Gasteiger partial charge on any atom is 0.347 e. The fraction of sp³-hybridized carbons (Fsp3) is 0.467. The zero-order valence-electron chi connectivity index (χ0n) is 12.3. The average Bonchev–Trinajstić information content (AvgIpc) is 2.47. The van der Waals surface area contributed by atoms with E-state index in [-0.39, 0.29) is 17.9 Å². The lowest BCUT2D eigenvalue weighted by molar-refractivity contribution is -0.151. The van der Waals surface area contributed by atoms with Crippen LogP contribution >= 0.6 is 11.6 Å². The minimum Gasteiger partial charge on any atom is -0.493 e. The van der Waals surface area contributed by atoms with E-state index in [1.807, 2.05) is 6.92 Å². The van der Waals surface area contributed by atoms with Crippen LogP contribution in [0.4, 0.5) is 0 Å². The second-order valence-electron chi connectivity index (χ2n) is 4.29. The van der Waals surface area contributed by atoms with Gasteiger partial charge in [0, 0.05) is 11.1 Å². The maximum absolute atomic E-state index is 11.9. The molecule has 0 heterocycles. The van der Waals surface area contributed by atoms with Gasteiger partial charge in [0.15, 0.2) is 23.9 Å². The molecule has 0 fully saturated rings. The molecule has 116 valence electrons. The number of benzene rings is 1. The number of hydrogen-bond acceptors (Lipinski definition) is 5. The van der Waals surface area contributed by atoms with Crippen LogP contribution in [0.3, 0.4) is 0 Å². The van der Waals surface area contributed by atoms with Crippen molar-refractivity contribution in [3.8, 4) is 11.5 Å². The number of esters is 1. The zero-order chi connectivity index (χ0) is 15.8. The molecule has 5 nitrogen and oxygen atoms in total. The molecule has 1 rings (SSSR count). The summed E-state index contributed by atoms with van der Waals surface area (Å²) in [6.07, 6.45) is 1.03. The third-order valence-electron chi connectivity index (χ3n) is 2.76. The van der Waals surface area contributed by atoms with E-state index in [1.165, 1.54) is 19.2 Å². The van der Waals surface area contributed by atoms with Gasteiger partial charge in [0.05, 0.1) is 19.3 Å². The van der Waals surface area contributed by atoms with E-state index in [9.17, 15) is 9.59 Å². The first kappa shape index (κ1) is 17.3. The largest absolute Gasteiger partial charge is 0.493 e. The van der Waals surface area contributed by atoms with Crippen molar-refractivity contribution in [2.45, 2.75) is 32.8 Å². The number of halogens is 1. The molecule has 1 atom stereocenters. The lowest BCUT2D eigenvalue weighted by atomic mass is 10.1. The topological polar surface area (TPSA) is 61.8 Å². The average molecular weight is 315 g/mol. The van der Waals surface area contributed by atoms with E-state index in [0.29, 0.717) is 23.5 Å². The molecule has 6 heteroatoms. The molecule has 0 saturated heterocycles. The Hall–Kier alpha value is -1.75. The van der Waals surface area contributed by atoms with Crippen LogP contribution in [0.15, 0.2) is 12.1 Å². The van der Waals surface area contributed by atoms with Crippen molar-refractivity contribution in [2.24, 2.45) is 0 Å². The van der Waals surface area contributed by atoms with Crippen LogP contribution in [-0.2, 0) is 9.53 Å². The van der Waals surface area contributed by atoms with Crippen LogP contribution in [0.2, 0.25) is 5.02 Å². The summed E-state index contributed by atoms with van der Waals surface area (Å²) < 4.78 is 15.8.